The minimum Gasteiger partial charge on any atom is -0.480 e. The van der Waals surface area contributed by atoms with Crippen LogP contribution in [0.2, 0.25) is 0 Å². The fourth-order valence-electron chi connectivity index (χ4n) is 3.36. The third-order valence-corrected chi connectivity index (χ3v) is 4.96. The van der Waals surface area contributed by atoms with E-state index in [1.165, 1.54) is 0 Å². The average molecular weight is 347 g/mol. The van der Waals surface area contributed by atoms with Gasteiger partial charge in [-0.3, -0.25) is 14.5 Å². The maximum absolute atomic E-state index is 11.7. The van der Waals surface area contributed by atoms with Gasteiger partial charge in [-0.15, -0.1) is 0 Å². The number of aliphatic carboxylic acids is 1. The minimum absolute atomic E-state index is 0.0566. The summed E-state index contributed by atoms with van der Waals surface area (Å²) in [5.41, 5.74) is 6.57. The second kappa shape index (κ2) is 9.53. The topological polar surface area (TPSA) is 95.7 Å². The number of carbonyl (C=O) groups is 2. The number of likely N-dealkylation sites (tertiary alicyclic amines) is 1. The van der Waals surface area contributed by atoms with Crippen molar-refractivity contribution >= 4 is 11.9 Å². The number of hydrogen-bond acceptors (Lipinski definition) is 4. The number of rotatable bonds is 8. The van der Waals surface area contributed by atoms with Crippen LogP contribution in [0.15, 0.2) is 30.3 Å². The molecule has 1 amide bonds. The number of nitrogens with one attached hydrogen (secondary N) is 1. The van der Waals surface area contributed by atoms with Gasteiger partial charge in [-0.25, -0.2) is 0 Å². The van der Waals surface area contributed by atoms with Crippen LogP contribution in [0.25, 0.3) is 0 Å². The summed E-state index contributed by atoms with van der Waals surface area (Å²) < 4.78 is 0. The number of primary amides is 1. The number of carboxylic acids is 1. The van der Waals surface area contributed by atoms with E-state index in [1.54, 1.807) is 0 Å². The Kier molecular flexibility index (Phi) is 7.40. The van der Waals surface area contributed by atoms with Gasteiger partial charge in [0, 0.05) is 12.6 Å². The molecular weight excluding hydrogens is 318 g/mol. The van der Waals surface area contributed by atoms with E-state index in [2.05, 4.69) is 10.2 Å². The highest BCUT2D eigenvalue weighted by molar-refractivity contribution is 5.79. The largest absolute Gasteiger partial charge is 0.480 e. The molecule has 1 aliphatic rings. The minimum atomic E-state index is -0.824. The summed E-state index contributed by atoms with van der Waals surface area (Å²) in [4.78, 5) is 25.2. The molecule has 1 aliphatic heterocycles. The fourth-order valence-corrected chi connectivity index (χ4v) is 3.36. The quantitative estimate of drug-likeness (QED) is 0.660. The van der Waals surface area contributed by atoms with Crippen molar-refractivity contribution < 1.29 is 14.7 Å². The Morgan fingerprint density at radius 2 is 2.04 bits per heavy atom. The summed E-state index contributed by atoms with van der Waals surface area (Å²) in [6.45, 7) is 3.29. The summed E-state index contributed by atoms with van der Waals surface area (Å²) in [6.07, 6.45) is 4.19. The summed E-state index contributed by atoms with van der Waals surface area (Å²) in [5.74, 6) is -1.16. The van der Waals surface area contributed by atoms with Crippen LogP contribution in [0.1, 0.15) is 38.2 Å². The predicted octanol–water partition coefficient (Wildman–Crippen LogP) is 1.39. The van der Waals surface area contributed by atoms with Crippen LogP contribution in [0.5, 0.6) is 0 Å². The second-order valence-corrected chi connectivity index (χ2v) is 6.85. The second-order valence-electron chi connectivity index (χ2n) is 6.85. The van der Waals surface area contributed by atoms with Gasteiger partial charge < -0.3 is 16.2 Å². The van der Waals surface area contributed by atoms with Crippen LogP contribution >= 0.6 is 0 Å². The Hall–Kier alpha value is -1.92. The molecule has 1 aromatic rings. The molecule has 0 spiro atoms. The Bertz CT molecular complexity index is 564. The monoisotopic (exact) mass is 347 g/mol. The van der Waals surface area contributed by atoms with Crippen molar-refractivity contribution in [2.45, 2.75) is 57.2 Å². The maximum Gasteiger partial charge on any atom is 0.320 e. The normalized spacial score (nSPS) is 21.2. The Labute approximate surface area is 149 Å². The van der Waals surface area contributed by atoms with E-state index in [-0.39, 0.29) is 18.0 Å². The first kappa shape index (κ1) is 19.4. The van der Waals surface area contributed by atoms with Gasteiger partial charge >= 0.3 is 5.97 Å². The van der Waals surface area contributed by atoms with Gasteiger partial charge in [0.05, 0.1) is 6.04 Å². The molecule has 0 aromatic heterocycles. The summed E-state index contributed by atoms with van der Waals surface area (Å²) in [7, 11) is 0. The lowest BCUT2D eigenvalue weighted by atomic mass is 10.0. The highest BCUT2D eigenvalue weighted by Crippen LogP contribution is 2.15. The van der Waals surface area contributed by atoms with Gasteiger partial charge in [0.2, 0.25) is 5.91 Å². The van der Waals surface area contributed by atoms with Crippen LogP contribution in [0.4, 0.5) is 0 Å². The smallest absolute Gasteiger partial charge is 0.320 e. The zero-order valence-electron chi connectivity index (χ0n) is 14.9. The molecular formula is C19H29N3O3. The Balaban J connectivity index is 1.94. The van der Waals surface area contributed by atoms with Gasteiger partial charge in [-0.2, -0.15) is 0 Å². The predicted molar refractivity (Wildman–Crippen MR) is 97.2 cm³/mol. The summed E-state index contributed by atoms with van der Waals surface area (Å²) in [5, 5.41) is 12.9. The molecule has 0 saturated carbocycles. The third-order valence-electron chi connectivity index (χ3n) is 4.96. The van der Waals surface area contributed by atoms with Gasteiger partial charge in [-0.05, 0) is 44.7 Å². The first-order valence-corrected chi connectivity index (χ1v) is 9.03. The standard InChI is InChI=1S/C19H29N3O3/c1-14(18(20)23)22-12-6-5-9-16(13-22)21-17(19(24)25)11-10-15-7-3-2-4-8-15/h2-4,7-8,14,16-17,21H,5-6,9-13H2,1H3,(H2,20,23)(H,24,25). The molecule has 138 valence electrons. The molecule has 1 fully saturated rings. The molecule has 3 atom stereocenters. The van der Waals surface area contributed by atoms with E-state index in [1.807, 2.05) is 37.3 Å². The molecule has 4 N–H and O–H groups in total. The first-order chi connectivity index (χ1) is 12.0. The Morgan fingerprint density at radius 1 is 1.32 bits per heavy atom. The van der Waals surface area contributed by atoms with Gasteiger partial charge in [0.1, 0.15) is 6.04 Å². The van der Waals surface area contributed by atoms with Crippen molar-refractivity contribution in [3.05, 3.63) is 35.9 Å². The van der Waals surface area contributed by atoms with E-state index in [0.717, 1.165) is 37.8 Å². The molecule has 3 unspecified atom stereocenters. The van der Waals surface area contributed by atoms with Crippen molar-refractivity contribution in [2.75, 3.05) is 13.1 Å². The summed E-state index contributed by atoms with van der Waals surface area (Å²) >= 11 is 0. The van der Waals surface area contributed by atoms with Crippen LogP contribution in [-0.2, 0) is 16.0 Å². The molecule has 0 aliphatic carbocycles. The summed E-state index contributed by atoms with van der Waals surface area (Å²) in [6, 6.07) is 9.06. The van der Waals surface area contributed by atoms with Crippen LogP contribution < -0.4 is 11.1 Å². The van der Waals surface area contributed by atoms with E-state index >= 15 is 0 Å². The molecule has 0 radical (unpaired) electrons. The van der Waals surface area contributed by atoms with E-state index in [0.29, 0.717) is 13.0 Å². The number of aryl methyl sites for hydroxylation is 1. The van der Waals surface area contributed by atoms with Crippen LogP contribution in [0, 0.1) is 0 Å². The van der Waals surface area contributed by atoms with Crippen molar-refractivity contribution in [2.24, 2.45) is 5.73 Å². The lowest BCUT2D eigenvalue weighted by Crippen LogP contribution is -2.51. The van der Waals surface area contributed by atoms with E-state index in [9.17, 15) is 14.7 Å². The highest BCUT2D eigenvalue weighted by Gasteiger charge is 2.27. The fraction of sp³-hybridized carbons (Fsp3) is 0.579. The van der Waals surface area contributed by atoms with Crippen LogP contribution in [0.3, 0.4) is 0 Å². The molecule has 1 heterocycles. The number of amides is 1. The number of carboxylic acid groups (broad SMARTS) is 1. The molecule has 6 heteroatoms. The maximum atomic E-state index is 11.7. The lowest BCUT2D eigenvalue weighted by Gasteiger charge is -2.30. The van der Waals surface area contributed by atoms with Crippen molar-refractivity contribution in [3.8, 4) is 0 Å². The van der Waals surface area contributed by atoms with Gasteiger partial charge in [0.15, 0.2) is 0 Å². The molecule has 25 heavy (non-hydrogen) atoms. The highest BCUT2D eigenvalue weighted by atomic mass is 16.4. The number of nitrogens with zero attached hydrogens (tertiary/aromatic N) is 1. The first-order valence-electron chi connectivity index (χ1n) is 9.03. The zero-order chi connectivity index (χ0) is 18.2. The molecule has 2 rings (SSSR count). The SMILES string of the molecule is CC(C(N)=O)N1CCCCC(NC(CCc2ccccc2)C(=O)O)C1. The Morgan fingerprint density at radius 3 is 2.68 bits per heavy atom. The van der Waals surface area contributed by atoms with E-state index < -0.39 is 12.0 Å². The number of hydrogen-bond donors (Lipinski definition) is 3. The van der Waals surface area contributed by atoms with Crippen LogP contribution in [-0.4, -0.2) is 53.1 Å². The van der Waals surface area contributed by atoms with Crippen molar-refractivity contribution in [1.82, 2.24) is 10.2 Å². The molecule has 6 nitrogen and oxygen atoms in total. The molecule has 1 saturated heterocycles. The van der Waals surface area contributed by atoms with Gasteiger partial charge in [-0.1, -0.05) is 36.8 Å². The number of carbonyl (C=O) groups excluding carboxylic acids is 1. The van der Waals surface area contributed by atoms with Gasteiger partial charge in [0.25, 0.3) is 0 Å². The zero-order valence-corrected chi connectivity index (χ0v) is 14.9. The lowest BCUT2D eigenvalue weighted by molar-refractivity contribution is -0.140. The van der Waals surface area contributed by atoms with Crippen molar-refractivity contribution in [1.29, 1.82) is 0 Å². The number of benzene rings is 1. The third kappa shape index (κ3) is 6.14. The molecule has 1 aromatic carbocycles. The average Bonchev–Trinajstić information content (AvgIpc) is 2.84. The number of nitrogens with two attached hydrogens (primary N) is 1. The van der Waals surface area contributed by atoms with Crippen molar-refractivity contribution in [3.63, 3.8) is 0 Å². The van der Waals surface area contributed by atoms with E-state index in [4.69, 9.17) is 5.73 Å². The molecule has 0 bridgehead atoms.